The highest BCUT2D eigenvalue weighted by atomic mass is 32.1. The van der Waals surface area contributed by atoms with Crippen LogP contribution >= 0.6 is 11.3 Å². The monoisotopic (exact) mass is 426 g/mol. The van der Waals surface area contributed by atoms with Crippen LogP contribution in [0.15, 0.2) is 61.9 Å². The third-order valence-corrected chi connectivity index (χ3v) is 5.72. The number of allylic oxidation sites excluding steroid dienone is 1. The molecule has 0 aliphatic carbocycles. The van der Waals surface area contributed by atoms with Crippen molar-refractivity contribution in [3.8, 4) is 0 Å². The first-order valence-electron chi connectivity index (χ1n) is 9.40. The number of thiazole rings is 1. The smallest absolute Gasteiger partial charge is 0.338 e. The quantitative estimate of drug-likeness (QED) is 0.602. The topological polar surface area (TPSA) is 73.8 Å². The Bertz CT molecular complexity index is 1330. The van der Waals surface area contributed by atoms with E-state index in [9.17, 15) is 14.0 Å². The number of carbonyl (C=O) groups excluding carboxylic acids is 1. The minimum atomic E-state index is -0.763. The largest absolute Gasteiger partial charge is 0.463 e. The van der Waals surface area contributed by atoms with Gasteiger partial charge in [0.1, 0.15) is 17.3 Å². The molecule has 0 saturated heterocycles. The lowest BCUT2D eigenvalue weighted by Gasteiger charge is -2.24. The third kappa shape index (κ3) is 3.54. The van der Waals surface area contributed by atoms with Crippen molar-refractivity contribution in [1.82, 2.24) is 4.57 Å². The molecule has 0 bridgehead atoms. The number of furan rings is 1. The van der Waals surface area contributed by atoms with Crippen LogP contribution in [0, 0.1) is 12.7 Å². The van der Waals surface area contributed by atoms with Gasteiger partial charge < -0.3 is 9.15 Å². The zero-order chi connectivity index (χ0) is 21.4. The molecular formula is C22H19FN2O4S. The van der Waals surface area contributed by atoms with Crippen LogP contribution in [-0.2, 0) is 9.53 Å². The highest BCUT2D eigenvalue weighted by molar-refractivity contribution is 7.07. The fourth-order valence-corrected chi connectivity index (χ4v) is 4.44. The molecule has 0 N–H and O–H groups in total. The van der Waals surface area contributed by atoms with Crippen LogP contribution in [0.3, 0.4) is 0 Å². The van der Waals surface area contributed by atoms with Crippen LogP contribution < -0.4 is 14.9 Å². The van der Waals surface area contributed by atoms with Gasteiger partial charge in [-0.05, 0) is 50.6 Å². The average molecular weight is 426 g/mol. The summed E-state index contributed by atoms with van der Waals surface area (Å²) in [6.07, 6.45) is 1.65. The first-order valence-corrected chi connectivity index (χ1v) is 10.2. The number of rotatable bonds is 4. The summed E-state index contributed by atoms with van der Waals surface area (Å²) in [5, 5.41) is 0. The maximum Gasteiger partial charge on any atom is 0.338 e. The maximum atomic E-state index is 13.5. The van der Waals surface area contributed by atoms with E-state index in [-0.39, 0.29) is 17.7 Å². The Balaban J connectivity index is 1.96. The molecule has 30 heavy (non-hydrogen) atoms. The molecular weight excluding hydrogens is 407 g/mol. The molecule has 3 heterocycles. The number of fused-ring (bicyclic) bond motifs is 1. The molecule has 0 amide bonds. The number of aromatic nitrogens is 1. The van der Waals surface area contributed by atoms with E-state index in [0.29, 0.717) is 26.4 Å². The molecule has 0 fully saturated rings. The molecule has 4 rings (SSSR count). The Morgan fingerprint density at radius 1 is 1.27 bits per heavy atom. The minimum Gasteiger partial charge on any atom is -0.463 e. The van der Waals surface area contributed by atoms with Gasteiger partial charge in [-0.15, -0.1) is 0 Å². The van der Waals surface area contributed by atoms with Gasteiger partial charge in [0.15, 0.2) is 4.80 Å². The molecule has 6 nitrogen and oxygen atoms in total. The number of nitrogens with zero attached hydrogens (tertiary/aromatic N) is 2. The summed E-state index contributed by atoms with van der Waals surface area (Å²) in [4.78, 5) is 31.0. The molecule has 0 radical (unpaired) electrons. The lowest BCUT2D eigenvalue weighted by molar-refractivity contribution is -0.139. The summed E-state index contributed by atoms with van der Waals surface area (Å²) in [7, 11) is 0. The van der Waals surface area contributed by atoms with Gasteiger partial charge >= 0.3 is 5.97 Å². The van der Waals surface area contributed by atoms with Crippen molar-refractivity contribution in [1.29, 1.82) is 0 Å². The first kappa shape index (κ1) is 20.0. The van der Waals surface area contributed by atoms with Gasteiger partial charge in [-0.1, -0.05) is 23.5 Å². The standard InChI is InChI=1S/C22H19FN2O4S/c1-4-28-21(27)18-13(3)24-22-25(19(18)14-6-8-15(23)9-7-14)20(26)17(30-22)11-16-10-5-12(2)29-16/h5-11,19H,4H2,1-3H3. The second-order valence-corrected chi connectivity index (χ2v) is 7.81. The summed E-state index contributed by atoms with van der Waals surface area (Å²) < 4.78 is 26.2. The number of carbonyl (C=O) groups is 1. The molecule has 1 aliphatic heterocycles. The van der Waals surface area contributed by atoms with Gasteiger partial charge in [0.25, 0.3) is 5.56 Å². The number of hydrogen-bond donors (Lipinski definition) is 0. The van der Waals surface area contributed by atoms with Crippen molar-refractivity contribution >= 4 is 23.4 Å². The fraction of sp³-hybridized carbons (Fsp3) is 0.227. The number of esters is 1. The minimum absolute atomic E-state index is 0.189. The zero-order valence-electron chi connectivity index (χ0n) is 16.6. The lowest BCUT2D eigenvalue weighted by Crippen LogP contribution is -2.39. The van der Waals surface area contributed by atoms with E-state index in [2.05, 4.69) is 4.99 Å². The van der Waals surface area contributed by atoms with E-state index in [4.69, 9.17) is 9.15 Å². The van der Waals surface area contributed by atoms with Crippen LogP contribution in [-0.4, -0.2) is 17.1 Å². The Hall–Kier alpha value is -3.26. The Morgan fingerprint density at radius 3 is 2.63 bits per heavy atom. The normalized spacial score (nSPS) is 16.4. The van der Waals surface area contributed by atoms with Crippen molar-refractivity contribution in [2.24, 2.45) is 4.99 Å². The van der Waals surface area contributed by atoms with Crippen molar-refractivity contribution in [3.63, 3.8) is 0 Å². The van der Waals surface area contributed by atoms with E-state index in [0.717, 1.165) is 5.76 Å². The highest BCUT2D eigenvalue weighted by Crippen LogP contribution is 2.30. The Labute approximate surface area is 175 Å². The van der Waals surface area contributed by atoms with Gasteiger partial charge in [-0.2, -0.15) is 0 Å². The molecule has 0 spiro atoms. The summed E-state index contributed by atoms with van der Waals surface area (Å²) in [6, 6.07) is 8.55. The summed E-state index contributed by atoms with van der Waals surface area (Å²) in [6.45, 7) is 5.42. The van der Waals surface area contributed by atoms with Gasteiger partial charge in [0.2, 0.25) is 0 Å². The maximum absolute atomic E-state index is 13.5. The van der Waals surface area contributed by atoms with Gasteiger partial charge in [-0.3, -0.25) is 9.36 Å². The highest BCUT2D eigenvalue weighted by Gasteiger charge is 2.33. The van der Waals surface area contributed by atoms with E-state index in [1.165, 1.54) is 28.0 Å². The lowest BCUT2D eigenvalue weighted by atomic mass is 9.96. The zero-order valence-corrected chi connectivity index (χ0v) is 17.5. The van der Waals surface area contributed by atoms with Crippen LogP contribution in [0.25, 0.3) is 6.08 Å². The Kier molecular flexibility index (Phi) is 5.26. The van der Waals surface area contributed by atoms with E-state index in [1.807, 2.05) is 13.0 Å². The summed E-state index contributed by atoms with van der Waals surface area (Å²) in [5.41, 5.74) is 1.01. The predicted molar refractivity (Wildman–Crippen MR) is 110 cm³/mol. The fourth-order valence-electron chi connectivity index (χ4n) is 3.41. The number of benzene rings is 1. The van der Waals surface area contributed by atoms with Gasteiger partial charge in [-0.25, -0.2) is 14.2 Å². The van der Waals surface area contributed by atoms with E-state index in [1.54, 1.807) is 38.1 Å². The van der Waals surface area contributed by atoms with Crippen molar-refractivity contribution < 1.29 is 18.3 Å². The summed E-state index contributed by atoms with van der Waals surface area (Å²) >= 11 is 1.21. The number of ether oxygens (including phenoxy) is 1. The van der Waals surface area contributed by atoms with Crippen LogP contribution in [0.5, 0.6) is 0 Å². The molecule has 1 unspecified atom stereocenters. The van der Waals surface area contributed by atoms with Crippen molar-refractivity contribution in [2.75, 3.05) is 6.61 Å². The third-order valence-electron chi connectivity index (χ3n) is 4.74. The van der Waals surface area contributed by atoms with Crippen molar-refractivity contribution in [2.45, 2.75) is 26.8 Å². The molecule has 1 aliphatic rings. The number of halogens is 1. The molecule has 1 atom stereocenters. The van der Waals surface area contributed by atoms with Crippen LogP contribution in [0.2, 0.25) is 0 Å². The van der Waals surface area contributed by atoms with Gasteiger partial charge in [0, 0.05) is 6.08 Å². The van der Waals surface area contributed by atoms with E-state index >= 15 is 0 Å². The van der Waals surface area contributed by atoms with Crippen LogP contribution in [0.1, 0.15) is 37.0 Å². The van der Waals surface area contributed by atoms with Crippen molar-refractivity contribution in [3.05, 3.63) is 90.3 Å². The van der Waals surface area contributed by atoms with Gasteiger partial charge in [0.05, 0.1) is 28.5 Å². The summed E-state index contributed by atoms with van der Waals surface area (Å²) in [5.74, 6) is 0.331. The first-order chi connectivity index (χ1) is 14.4. The second-order valence-electron chi connectivity index (χ2n) is 6.80. The average Bonchev–Trinajstić information content (AvgIpc) is 3.24. The molecule has 8 heteroatoms. The Morgan fingerprint density at radius 2 is 2.00 bits per heavy atom. The molecule has 154 valence electrons. The number of aryl methyl sites for hydroxylation is 1. The SMILES string of the molecule is CCOC(=O)C1=C(C)N=c2sc(=Cc3ccc(C)o3)c(=O)n2C1c1ccc(F)cc1. The molecule has 2 aromatic heterocycles. The van der Waals surface area contributed by atoms with E-state index < -0.39 is 17.8 Å². The molecule has 0 saturated carbocycles. The molecule has 1 aromatic carbocycles. The predicted octanol–water partition coefficient (Wildman–Crippen LogP) is 2.84. The number of hydrogen-bond acceptors (Lipinski definition) is 6. The second kappa shape index (κ2) is 7.87. The molecule has 3 aromatic rings. The van der Waals surface area contributed by atoms with Crippen LogP contribution in [0.4, 0.5) is 4.39 Å².